The van der Waals surface area contributed by atoms with Crippen LogP contribution in [0, 0.1) is 11.3 Å². The molecule has 0 spiro atoms. The zero-order valence-corrected chi connectivity index (χ0v) is 12.4. The van der Waals surface area contributed by atoms with Crippen molar-refractivity contribution in [3.05, 3.63) is 40.7 Å². The lowest BCUT2D eigenvalue weighted by Gasteiger charge is -2.08. The molecule has 0 amide bonds. The van der Waals surface area contributed by atoms with E-state index in [1.165, 1.54) is 0 Å². The van der Waals surface area contributed by atoms with Gasteiger partial charge in [0.1, 0.15) is 0 Å². The van der Waals surface area contributed by atoms with E-state index in [-0.39, 0.29) is 5.28 Å². The molecule has 0 aliphatic rings. The standard InChI is InChI=1S/C14H15ClN6/c1-2-6-17-13-19-12(15)20-14(21-13)18-9-11-5-3-4-10(7-11)8-16/h3-5,7H,2,6,9H2,1H3,(H2,17,18,19,20,21). The number of nitriles is 1. The maximum Gasteiger partial charge on any atom is 0.229 e. The van der Waals surface area contributed by atoms with Crippen LogP contribution in [-0.4, -0.2) is 21.5 Å². The van der Waals surface area contributed by atoms with Crippen molar-refractivity contribution in [2.24, 2.45) is 0 Å². The smallest absolute Gasteiger partial charge is 0.229 e. The first-order valence-corrected chi connectivity index (χ1v) is 6.97. The van der Waals surface area contributed by atoms with E-state index < -0.39 is 0 Å². The van der Waals surface area contributed by atoms with E-state index >= 15 is 0 Å². The van der Waals surface area contributed by atoms with Gasteiger partial charge in [-0.15, -0.1) is 0 Å². The Morgan fingerprint density at radius 2 is 1.95 bits per heavy atom. The molecule has 0 aliphatic carbocycles. The molecule has 2 N–H and O–H groups in total. The summed E-state index contributed by atoms with van der Waals surface area (Å²) in [6.07, 6.45) is 0.965. The van der Waals surface area contributed by atoms with E-state index in [1.807, 2.05) is 18.2 Å². The van der Waals surface area contributed by atoms with Crippen molar-refractivity contribution in [3.8, 4) is 6.07 Å². The van der Waals surface area contributed by atoms with Gasteiger partial charge >= 0.3 is 0 Å². The molecule has 2 aromatic rings. The fourth-order valence-corrected chi connectivity index (χ4v) is 1.84. The van der Waals surface area contributed by atoms with Gasteiger partial charge in [0, 0.05) is 13.1 Å². The fraction of sp³-hybridized carbons (Fsp3) is 0.286. The largest absolute Gasteiger partial charge is 0.354 e. The Kier molecular flexibility index (Phi) is 5.29. The molecule has 1 aromatic carbocycles. The Morgan fingerprint density at radius 3 is 2.67 bits per heavy atom. The van der Waals surface area contributed by atoms with Crippen LogP contribution in [0.25, 0.3) is 0 Å². The van der Waals surface area contributed by atoms with Crippen molar-refractivity contribution in [3.63, 3.8) is 0 Å². The maximum absolute atomic E-state index is 8.87. The molecule has 0 unspecified atom stereocenters. The first kappa shape index (κ1) is 15.0. The molecule has 0 saturated heterocycles. The van der Waals surface area contributed by atoms with E-state index in [1.54, 1.807) is 6.07 Å². The van der Waals surface area contributed by atoms with E-state index in [4.69, 9.17) is 16.9 Å². The molecule has 1 aromatic heterocycles. The summed E-state index contributed by atoms with van der Waals surface area (Å²) in [6.45, 7) is 3.32. The second-order valence-corrected chi connectivity index (χ2v) is 4.68. The number of halogens is 1. The van der Waals surface area contributed by atoms with Crippen LogP contribution >= 0.6 is 11.6 Å². The summed E-state index contributed by atoms with van der Waals surface area (Å²) in [5.41, 5.74) is 1.59. The summed E-state index contributed by atoms with van der Waals surface area (Å²) in [6, 6.07) is 9.44. The first-order chi connectivity index (χ1) is 10.2. The molecule has 0 aliphatic heterocycles. The third kappa shape index (κ3) is 4.58. The average Bonchev–Trinajstić information content (AvgIpc) is 2.50. The number of rotatable bonds is 6. The highest BCUT2D eigenvalue weighted by atomic mass is 35.5. The van der Waals surface area contributed by atoms with Crippen LogP contribution in [0.3, 0.4) is 0 Å². The lowest BCUT2D eigenvalue weighted by atomic mass is 10.1. The third-order valence-corrected chi connectivity index (χ3v) is 2.82. The van der Waals surface area contributed by atoms with Gasteiger partial charge in [0.15, 0.2) is 0 Å². The highest BCUT2D eigenvalue weighted by Crippen LogP contribution is 2.11. The predicted octanol–water partition coefficient (Wildman–Crippen LogP) is 2.83. The van der Waals surface area contributed by atoms with Crippen molar-refractivity contribution in [2.75, 3.05) is 17.2 Å². The van der Waals surface area contributed by atoms with Crippen LogP contribution in [0.5, 0.6) is 0 Å². The summed E-state index contributed by atoms with van der Waals surface area (Å²) in [4.78, 5) is 12.3. The molecule has 2 rings (SSSR count). The normalized spacial score (nSPS) is 9.95. The number of hydrogen-bond acceptors (Lipinski definition) is 6. The molecular weight excluding hydrogens is 288 g/mol. The quantitative estimate of drug-likeness (QED) is 0.853. The third-order valence-electron chi connectivity index (χ3n) is 2.65. The molecule has 0 radical (unpaired) electrons. The van der Waals surface area contributed by atoms with Gasteiger partial charge in [0.05, 0.1) is 11.6 Å². The van der Waals surface area contributed by atoms with Crippen LogP contribution < -0.4 is 10.6 Å². The van der Waals surface area contributed by atoms with Crippen molar-refractivity contribution in [1.29, 1.82) is 5.26 Å². The van der Waals surface area contributed by atoms with Gasteiger partial charge in [-0.1, -0.05) is 19.1 Å². The van der Waals surface area contributed by atoms with Gasteiger partial charge in [-0.25, -0.2) is 0 Å². The minimum Gasteiger partial charge on any atom is -0.354 e. The van der Waals surface area contributed by atoms with Crippen molar-refractivity contribution in [2.45, 2.75) is 19.9 Å². The zero-order chi connectivity index (χ0) is 15.1. The minimum absolute atomic E-state index is 0.136. The number of hydrogen-bond donors (Lipinski definition) is 2. The molecule has 0 atom stereocenters. The number of anilines is 2. The number of nitrogens with one attached hydrogen (secondary N) is 2. The molecule has 0 bridgehead atoms. The summed E-state index contributed by atoms with van der Waals surface area (Å²) < 4.78 is 0. The number of aromatic nitrogens is 3. The molecule has 108 valence electrons. The van der Waals surface area contributed by atoms with E-state index in [2.05, 4.69) is 38.6 Å². The van der Waals surface area contributed by atoms with E-state index in [0.717, 1.165) is 18.5 Å². The zero-order valence-electron chi connectivity index (χ0n) is 11.6. The topological polar surface area (TPSA) is 86.5 Å². The van der Waals surface area contributed by atoms with Crippen molar-refractivity contribution >= 4 is 23.5 Å². The van der Waals surface area contributed by atoms with E-state index in [9.17, 15) is 0 Å². The maximum atomic E-state index is 8.87. The Morgan fingerprint density at radius 1 is 1.19 bits per heavy atom. The Balaban J connectivity index is 2.05. The molecule has 1 heterocycles. The molecule has 7 heteroatoms. The van der Waals surface area contributed by atoms with Crippen molar-refractivity contribution in [1.82, 2.24) is 15.0 Å². The highest BCUT2D eigenvalue weighted by molar-refractivity contribution is 6.28. The Hall–Kier alpha value is -2.39. The lowest BCUT2D eigenvalue weighted by Crippen LogP contribution is -2.09. The summed E-state index contributed by atoms with van der Waals surface area (Å²) in [5, 5.41) is 15.1. The Bertz CT molecular complexity index is 652. The lowest BCUT2D eigenvalue weighted by molar-refractivity contribution is 0.932. The SMILES string of the molecule is CCCNc1nc(Cl)nc(NCc2cccc(C#N)c2)n1. The second kappa shape index (κ2) is 7.41. The average molecular weight is 303 g/mol. The monoisotopic (exact) mass is 302 g/mol. The second-order valence-electron chi connectivity index (χ2n) is 4.34. The van der Waals surface area contributed by atoms with Crippen LogP contribution in [0.2, 0.25) is 5.28 Å². The summed E-state index contributed by atoms with van der Waals surface area (Å²) >= 11 is 5.87. The van der Waals surface area contributed by atoms with Gasteiger partial charge in [0.2, 0.25) is 17.2 Å². The summed E-state index contributed by atoms with van der Waals surface area (Å²) in [5.74, 6) is 0.848. The van der Waals surface area contributed by atoms with Gasteiger partial charge in [-0.3, -0.25) is 0 Å². The van der Waals surface area contributed by atoms with Crippen LogP contribution in [0.1, 0.15) is 24.5 Å². The molecule has 6 nitrogen and oxygen atoms in total. The first-order valence-electron chi connectivity index (χ1n) is 6.59. The minimum atomic E-state index is 0.136. The van der Waals surface area contributed by atoms with Gasteiger partial charge in [0.25, 0.3) is 0 Å². The predicted molar refractivity (Wildman–Crippen MR) is 82.1 cm³/mol. The van der Waals surface area contributed by atoms with Gasteiger partial charge < -0.3 is 10.6 Å². The number of nitrogens with zero attached hydrogens (tertiary/aromatic N) is 4. The van der Waals surface area contributed by atoms with Crippen LogP contribution in [0.4, 0.5) is 11.9 Å². The van der Waals surface area contributed by atoms with Crippen LogP contribution in [0.15, 0.2) is 24.3 Å². The van der Waals surface area contributed by atoms with Crippen molar-refractivity contribution < 1.29 is 0 Å². The summed E-state index contributed by atoms with van der Waals surface area (Å²) in [7, 11) is 0. The molecule has 0 saturated carbocycles. The van der Waals surface area contributed by atoms with E-state index in [0.29, 0.717) is 24.0 Å². The molecule has 21 heavy (non-hydrogen) atoms. The Labute approximate surface area is 128 Å². The molecular formula is C14H15ClN6. The fourth-order valence-electron chi connectivity index (χ4n) is 1.68. The molecule has 0 fully saturated rings. The van der Waals surface area contributed by atoms with Gasteiger partial charge in [-0.2, -0.15) is 20.2 Å². The highest BCUT2D eigenvalue weighted by Gasteiger charge is 2.04. The van der Waals surface area contributed by atoms with Crippen LogP contribution in [-0.2, 0) is 6.54 Å². The van der Waals surface area contributed by atoms with Gasteiger partial charge in [-0.05, 0) is 35.7 Å². The number of benzene rings is 1.